The average molecular weight is 375 g/mol. The summed E-state index contributed by atoms with van der Waals surface area (Å²) < 4.78 is 2.47. The Kier molecular flexibility index (Phi) is 4.78. The number of nitrogens with one attached hydrogen (secondary N) is 1. The molecule has 4 rings (SSSR count). The minimum Gasteiger partial charge on any atom is -0.356 e. The first-order valence-electron chi connectivity index (χ1n) is 10.3. The first-order valence-corrected chi connectivity index (χ1v) is 10.3. The number of benzene rings is 2. The fourth-order valence-electron chi connectivity index (χ4n) is 5.08. The van der Waals surface area contributed by atoms with Crippen LogP contribution in [0, 0.1) is 18.3 Å². The summed E-state index contributed by atoms with van der Waals surface area (Å²) in [5.74, 6) is 1.21. The molecule has 2 aromatic carbocycles. The van der Waals surface area contributed by atoms with E-state index in [4.69, 9.17) is 0 Å². The maximum atomic E-state index is 11.2. The number of fused-ring (bicyclic) bond motifs is 1. The van der Waals surface area contributed by atoms with Crippen molar-refractivity contribution in [1.29, 1.82) is 0 Å². The molecule has 2 atom stereocenters. The molecule has 1 N–H and O–H groups in total. The van der Waals surface area contributed by atoms with Crippen molar-refractivity contribution in [3.8, 4) is 0 Å². The Labute approximate surface area is 167 Å². The Balaban J connectivity index is 1.70. The van der Waals surface area contributed by atoms with Crippen molar-refractivity contribution in [3.05, 3.63) is 71.4 Å². The minimum absolute atomic E-state index is 0.0608. The third-order valence-corrected chi connectivity index (χ3v) is 6.65. The molecule has 1 aliphatic rings. The molecule has 1 aliphatic carbocycles. The SMILES string of the molecule is CC(=O)NCCC1C(c2c(C)n(Cc3ccccc3)c3ccccc23)C1(C)C. The summed E-state index contributed by atoms with van der Waals surface area (Å²) in [4.78, 5) is 11.2. The molecular formula is C25H30N2O. The molecule has 0 aliphatic heterocycles. The van der Waals surface area contributed by atoms with Crippen molar-refractivity contribution in [3.63, 3.8) is 0 Å². The molecule has 3 aromatic rings. The number of hydrogen-bond donors (Lipinski definition) is 1. The highest BCUT2D eigenvalue weighted by Gasteiger charge is 2.58. The quantitative estimate of drug-likeness (QED) is 0.627. The minimum atomic E-state index is 0.0608. The van der Waals surface area contributed by atoms with E-state index in [1.807, 2.05) is 0 Å². The van der Waals surface area contributed by atoms with Crippen LogP contribution in [-0.2, 0) is 11.3 Å². The third-order valence-electron chi connectivity index (χ3n) is 6.65. The maximum Gasteiger partial charge on any atom is 0.216 e. The van der Waals surface area contributed by atoms with Crippen molar-refractivity contribution in [2.75, 3.05) is 6.54 Å². The van der Waals surface area contributed by atoms with Gasteiger partial charge in [0.05, 0.1) is 0 Å². The lowest BCUT2D eigenvalue weighted by Crippen LogP contribution is -2.21. The second kappa shape index (κ2) is 7.12. The lowest BCUT2D eigenvalue weighted by Gasteiger charge is -2.10. The van der Waals surface area contributed by atoms with Gasteiger partial charge in [-0.3, -0.25) is 4.79 Å². The predicted molar refractivity (Wildman–Crippen MR) is 116 cm³/mol. The van der Waals surface area contributed by atoms with Gasteiger partial charge >= 0.3 is 0 Å². The van der Waals surface area contributed by atoms with Crippen LogP contribution in [0.1, 0.15) is 49.9 Å². The number of carbonyl (C=O) groups is 1. The normalized spacial score (nSPS) is 20.3. The second-order valence-corrected chi connectivity index (χ2v) is 8.77. The number of rotatable bonds is 6. The monoisotopic (exact) mass is 374 g/mol. The van der Waals surface area contributed by atoms with Crippen LogP contribution < -0.4 is 5.32 Å². The van der Waals surface area contributed by atoms with Crippen LogP contribution in [0.4, 0.5) is 0 Å². The summed E-state index contributed by atoms with van der Waals surface area (Å²) in [6.07, 6.45) is 1.04. The van der Waals surface area contributed by atoms with E-state index in [-0.39, 0.29) is 11.3 Å². The summed E-state index contributed by atoms with van der Waals surface area (Å²) in [6.45, 7) is 10.3. The van der Waals surface area contributed by atoms with Crippen molar-refractivity contribution >= 4 is 16.8 Å². The van der Waals surface area contributed by atoms with E-state index in [0.717, 1.165) is 19.5 Å². The van der Waals surface area contributed by atoms with Gasteiger partial charge in [-0.05, 0) is 47.8 Å². The zero-order valence-electron chi connectivity index (χ0n) is 17.3. The summed E-state index contributed by atoms with van der Waals surface area (Å²) in [6, 6.07) is 19.5. The van der Waals surface area contributed by atoms with Gasteiger partial charge in [0.1, 0.15) is 0 Å². The fraction of sp³-hybridized carbons (Fsp3) is 0.400. The number of amides is 1. The van der Waals surface area contributed by atoms with Gasteiger partial charge in [-0.2, -0.15) is 0 Å². The van der Waals surface area contributed by atoms with Crippen LogP contribution >= 0.6 is 0 Å². The lowest BCUT2D eigenvalue weighted by atomic mass is 10.0. The Hall–Kier alpha value is -2.55. The molecule has 28 heavy (non-hydrogen) atoms. The van der Waals surface area contributed by atoms with Crippen LogP contribution in [0.15, 0.2) is 54.6 Å². The lowest BCUT2D eigenvalue weighted by molar-refractivity contribution is -0.118. The summed E-state index contributed by atoms with van der Waals surface area (Å²) in [7, 11) is 0. The van der Waals surface area contributed by atoms with E-state index in [1.54, 1.807) is 6.92 Å². The van der Waals surface area contributed by atoms with Crippen LogP contribution in [-0.4, -0.2) is 17.0 Å². The van der Waals surface area contributed by atoms with E-state index in [2.05, 4.69) is 85.3 Å². The van der Waals surface area contributed by atoms with Crippen molar-refractivity contribution in [1.82, 2.24) is 9.88 Å². The largest absolute Gasteiger partial charge is 0.356 e. The van der Waals surface area contributed by atoms with E-state index in [0.29, 0.717) is 11.8 Å². The summed E-state index contributed by atoms with van der Waals surface area (Å²) in [5, 5.41) is 4.36. The molecule has 1 aromatic heterocycles. The van der Waals surface area contributed by atoms with Crippen LogP contribution in [0.25, 0.3) is 10.9 Å². The van der Waals surface area contributed by atoms with Crippen molar-refractivity contribution in [2.24, 2.45) is 11.3 Å². The van der Waals surface area contributed by atoms with Gasteiger partial charge in [-0.25, -0.2) is 0 Å². The summed E-state index contributed by atoms with van der Waals surface area (Å²) >= 11 is 0. The van der Waals surface area contributed by atoms with E-state index in [9.17, 15) is 4.79 Å². The smallest absolute Gasteiger partial charge is 0.216 e. The molecule has 0 saturated heterocycles. The average Bonchev–Trinajstić information content (AvgIpc) is 3.08. The Morgan fingerprint density at radius 1 is 1.07 bits per heavy atom. The standard InChI is InChI=1S/C25H30N2O/c1-17-23(24-21(25(24,3)4)14-15-26-18(2)28)20-12-8-9-13-22(20)27(17)16-19-10-6-5-7-11-19/h5-13,21,24H,14-16H2,1-4H3,(H,26,28). The number of hydrogen-bond acceptors (Lipinski definition) is 1. The molecule has 3 heteroatoms. The van der Waals surface area contributed by atoms with Gasteiger partial charge in [0.2, 0.25) is 5.91 Å². The molecule has 3 nitrogen and oxygen atoms in total. The van der Waals surface area contributed by atoms with Gasteiger partial charge in [-0.1, -0.05) is 62.4 Å². The van der Waals surface area contributed by atoms with Crippen LogP contribution in [0.2, 0.25) is 0 Å². The molecule has 0 bridgehead atoms. The molecule has 1 amide bonds. The molecule has 1 fully saturated rings. The van der Waals surface area contributed by atoms with Gasteiger partial charge in [0, 0.05) is 36.6 Å². The van der Waals surface area contributed by atoms with E-state index in [1.165, 1.54) is 27.7 Å². The molecule has 1 saturated carbocycles. The second-order valence-electron chi connectivity index (χ2n) is 8.77. The Morgan fingerprint density at radius 2 is 1.75 bits per heavy atom. The third kappa shape index (κ3) is 3.23. The number of nitrogens with zero attached hydrogens (tertiary/aromatic N) is 1. The van der Waals surface area contributed by atoms with Gasteiger partial charge in [-0.15, -0.1) is 0 Å². The van der Waals surface area contributed by atoms with E-state index >= 15 is 0 Å². The van der Waals surface area contributed by atoms with Gasteiger partial charge < -0.3 is 9.88 Å². The van der Waals surface area contributed by atoms with Crippen molar-refractivity contribution in [2.45, 2.75) is 46.6 Å². The highest BCUT2D eigenvalue weighted by atomic mass is 16.1. The number of aromatic nitrogens is 1. The highest BCUT2D eigenvalue weighted by molar-refractivity contribution is 5.87. The number of carbonyl (C=O) groups excluding carboxylic acids is 1. The van der Waals surface area contributed by atoms with Gasteiger partial charge in [0.25, 0.3) is 0 Å². The van der Waals surface area contributed by atoms with E-state index < -0.39 is 0 Å². The topological polar surface area (TPSA) is 34.0 Å². The summed E-state index contributed by atoms with van der Waals surface area (Å²) in [5.41, 5.74) is 5.80. The predicted octanol–water partition coefficient (Wildman–Crippen LogP) is 5.26. The molecule has 146 valence electrons. The Morgan fingerprint density at radius 3 is 2.46 bits per heavy atom. The maximum absolute atomic E-state index is 11.2. The van der Waals surface area contributed by atoms with Crippen LogP contribution in [0.5, 0.6) is 0 Å². The molecule has 2 unspecified atom stereocenters. The molecular weight excluding hydrogens is 344 g/mol. The van der Waals surface area contributed by atoms with Crippen LogP contribution in [0.3, 0.4) is 0 Å². The zero-order chi connectivity index (χ0) is 19.9. The number of para-hydroxylation sites is 1. The van der Waals surface area contributed by atoms with Gasteiger partial charge in [0.15, 0.2) is 0 Å². The molecule has 0 radical (unpaired) electrons. The molecule has 0 spiro atoms. The highest BCUT2D eigenvalue weighted by Crippen LogP contribution is 2.67. The fourth-order valence-corrected chi connectivity index (χ4v) is 5.08. The first-order chi connectivity index (χ1) is 13.4. The van der Waals surface area contributed by atoms with Crippen molar-refractivity contribution < 1.29 is 4.79 Å². The molecule has 1 heterocycles. The Bertz CT molecular complexity index is 1000. The first kappa shape index (κ1) is 18.8. The zero-order valence-corrected chi connectivity index (χ0v) is 17.3.